The first-order chi connectivity index (χ1) is 10.3. The third kappa shape index (κ3) is 2.77. The Kier molecular flexibility index (Phi) is 3.65. The Labute approximate surface area is 120 Å². The predicted octanol–water partition coefficient (Wildman–Crippen LogP) is 0.416. The maximum atomic E-state index is 11.6. The summed E-state index contributed by atoms with van der Waals surface area (Å²) in [6.45, 7) is 1.04. The van der Waals surface area contributed by atoms with Crippen LogP contribution in [0.1, 0.15) is 5.56 Å². The maximum absolute atomic E-state index is 11.6. The Morgan fingerprint density at radius 3 is 2.76 bits per heavy atom. The predicted molar refractivity (Wildman–Crippen MR) is 78.2 cm³/mol. The summed E-state index contributed by atoms with van der Waals surface area (Å²) in [6, 6.07) is 13.4. The molecule has 2 heterocycles. The molecule has 7 nitrogen and oxygen atoms in total. The number of nitrogens with zero attached hydrogens (tertiary/aromatic N) is 4. The molecule has 1 aromatic carbocycles. The smallest absolute Gasteiger partial charge is 0.364 e. The van der Waals surface area contributed by atoms with Crippen LogP contribution in [-0.2, 0) is 6.54 Å². The summed E-state index contributed by atoms with van der Waals surface area (Å²) < 4.78 is 1.21. The van der Waals surface area contributed by atoms with E-state index in [-0.39, 0.29) is 12.3 Å². The van der Waals surface area contributed by atoms with Crippen molar-refractivity contribution in [3.63, 3.8) is 0 Å². The fourth-order valence-electron chi connectivity index (χ4n) is 2.16. The first-order valence-electron chi connectivity index (χ1n) is 6.62. The number of aromatic nitrogens is 4. The van der Waals surface area contributed by atoms with Crippen LogP contribution in [0.25, 0.3) is 5.65 Å². The van der Waals surface area contributed by atoms with Crippen LogP contribution in [0.4, 0.5) is 5.82 Å². The summed E-state index contributed by atoms with van der Waals surface area (Å²) in [6.07, 6.45) is 0. The Balaban J connectivity index is 1.94. The number of hydrogen-bond donors (Lipinski definition) is 2. The SMILES string of the molecule is O=c1[nH]nc2ccc(N(CCO)Cc3ccccc3)nn12. The van der Waals surface area contributed by atoms with Crippen LogP contribution in [0.15, 0.2) is 47.3 Å². The molecule has 7 heteroatoms. The number of nitrogens with one attached hydrogen (secondary N) is 1. The minimum atomic E-state index is -0.379. The van der Waals surface area contributed by atoms with Crippen LogP contribution in [0.2, 0.25) is 0 Å². The van der Waals surface area contributed by atoms with Crippen LogP contribution in [0, 0.1) is 0 Å². The van der Waals surface area contributed by atoms with Gasteiger partial charge in [-0.25, -0.2) is 9.89 Å². The van der Waals surface area contributed by atoms with Crippen LogP contribution in [0.3, 0.4) is 0 Å². The number of H-pyrrole nitrogens is 1. The second kappa shape index (κ2) is 5.76. The zero-order valence-corrected chi connectivity index (χ0v) is 11.3. The Morgan fingerprint density at radius 2 is 2.00 bits per heavy atom. The van der Waals surface area contributed by atoms with Crippen LogP contribution >= 0.6 is 0 Å². The molecule has 3 aromatic rings. The second-order valence-electron chi connectivity index (χ2n) is 4.62. The number of aliphatic hydroxyl groups is 1. The minimum absolute atomic E-state index is 0.00678. The van der Waals surface area contributed by atoms with Gasteiger partial charge in [0, 0.05) is 13.1 Å². The number of rotatable bonds is 5. The third-order valence-electron chi connectivity index (χ3n) is 3.17. The van der Waals surface area contributed by atoms with Crippen molar-refractivity contribution < 1.29 is 5.11 Å². The lowest BCUT2D eigenvalue weighted by atomic mass is 10.2. The standard InChI is InChI=1S/C14H15N5O2/c20-9-8-18(10-11-4-2-1-3-5-11)13-7-6-12-15-16-14(21)19(12)17-13/h1-7,20H,8-10H2,(H,16,21). The largest absolute Gasteiger partial charge is 0.395 e. The monoisotopic (exact) mass is 285 g/mol. The van der Waals surface area contributed by atoms with E-state index < -0.39 is 0 Å². The van der Waals surface area contributed by atoms with Gasteiger partial charge in [0.25, 0.3) is 0 Å². The van der Waals surface area contributed by atoms with Crippen molar-refractivity contribution >= 4 is 11.5 Å². The van der Waals surface area contributed by atoms with Crippen molar-refractivity contribution in [2.75, 3.05) is 18.1 Å². The van der Waals surface area contributed by atoms with Gasteiger partial charge in [-0.15, -0.1) is 5.10 Å². The molecule has 0 amide bonds. The summed E-state index contributed by atoms with van der Waals surface area (Å²) >= 11 is 0. The number of aliphatic hydroxyl groups excluding tert-OH is 1. The van der Waals surface area contributed by atoms with Gasteiger partial charge in [-0.3, -0.25) is 0 Å². The molecule has 0 aliphatic rings. The number of benzene rings is 1. The van der Waals surface area contributed by atoms with Crippen molar-refractivity contribution in [3.05, 3.63) is 58.5 Å². The van der Waals surface area contributed by atoms with E-state index in [9.17, 15) is 9.90 Å². The molecular weight excluding hydrogens is 270 g/mol. The van der Waals surface area contributed by atoms with Crippen molar-refractivity contribution in [1.82, 2.24) is 19.8 Å². The van der Waals surface area contributed by atoms with Gasteiger partial charge in [-0.2, -0.15) is 9.61 Å². The maximum Gasteiger partial charge on any atom is 0.364 e. The Bertz CT molecular complexity index is 781. The first-order valence-corrected chi connectivity index (χ1v) is 6.62. The quantitative estimate of drug-likeness (QED) is 0.709. The molecule has 0 fully saturated rings. The highest BCUT2D eigenvalue weighted by atomic mass is 16.3. The normalized spacial score (nSPS) is 10.9. The van der Waals surface area contributed by atoms with E-state index in [0.717, 1.165) is 5.56 Å². The fourth-order valence-corrected chi connectivity index (χ4v) is 2.16. The van der Waals surface area contributed by atoms with Crippen LogP contribution in [0.5, 0.6) is 0 Å². The molecule has 2 N–H and O–H groups in total. The molecule has 0 aliphatic carbocycles. The Hall–Kier alpha value is -2.67. The van der Waals surface area contributed by atoms with Gasteiger partial charge in [-0.05, 0) is 17.7 Å². The van der Waals surface area contributed by atoms with E-state index in [1.807, 2.05) is 35.2 Å². The Morgan fingerprint density at radius 1 is 1.19 bits per heavy atom. The fraction of sp³-hybridized carbons (Fsp3) is 0.214. The van der Waals surface area contributed by atoms with Crippen LogP contribution < -0.4 is 10.6 Å². The summed E-state index contributed by atoms with van der Waals surface area (Å²) in [5.74, 6) is 0.615. The van der Waals surface area contributed by atoms with Gasteiger partial charge < -0.3 is 10.0 Å². The third-order valence-corrected chi connectivity index (χ3v) is 3.17. The summed E-state index contributed by atoms with van der Waals surface area (Å²) in [4.78, 5) is 13.5. The van der Waals surface area contributed by atoms with Gasteiger partial charge in [0.1, 0.15) is 5.82 Å². The van der Waals surface area contributed by atoms with Crippen molar-refractivity contribution in [1.29, 1.82) is 0 Å². The molecule has 0 spiro atoms. The number of hydrogen-bond acceptors (Lipinski definition) is 5. The summed E-state index contributed by atoms with van der Waals surface area (Å²) in [7, 11) is 0. The summed E-state index contributed by atoms with van der Waals surface area (Å²) in [5, 5.41) is 19.7. The molecule has 0 saturated carbocycles. The average molecular weight is 285 g/mol. The molecule has 2 aromatic heterocycles. The van der Waals surface area contributed by atoms with Crippen molar-refractivity contribution in [2.24, 2.45) is 0 Å². The van der Waals surface area contributed by atoms with Crippen molar-refractivity contribution in [2.45, 2.75) is 6.54 Å². The lowest BCUT2D eigenvalue weighted by Gasteiger charge is -2.22. The lowest BCUT2D eigenvalue weighted by Crippen LogP contribution is -2.28. The molecular formula is C14H15N5O2. The van der Waals surface area contributed by atoms with E-state index in [1.54, 1.807) is 12.1 Å². The van der Waals surface area contributed by atoms with E-state index >= 15 is 0 Å². The van der Waals surface area contributed by atoms with E-state index in [4.69, 9.17) is 0 Å². The molecule has 108 valence electrons. The number of anilines is 1. The van der Waals surface area contributed by atoms with Gasteiger partial charge in [-0.1, -0.05) is 30.3 Å². The molecule has 0 radical (unpaired) electrons. The van der Waals surface area contributed by atoms with Gasteiger partial charge in [0.2, 0.25) is 0 Å². The van der Waals surface area contributed by atoms with E-state index in [0.29, 0.717) is 24.6 Å². The van der Waals surface area contributed by atoms with Crippen molar-refractivity contribution in [3.8, 4) is 0 Å². The molecule has 0 bridgehead atoms. The minimum Gasteiger partial charge on any atom is -0.395 e. The summed E-state index contributed by atoms with van der Waals surface area (Å²) in [5.41, 5.74) is 1.19. The highest BCUT2D eigenvalue weighted by Crippen LogP contribution is 2.14. The highest BCUT2D eigenvalue weighted by molar-refractivity contribution is 5.45. The van der Waals surface area contributed by atoms with Gasteiger partial charge in [0.15, 0.2) is 5.65 Å². The van der Waals surface area contributed by atoms with E-state index in [2.05, 4.69) is 15.3 Å². The van der Waals surface area contributed by atoms with Crippen LogP contribution in [-0.4, -0.2) is 38.1 Å². The highest BCUT2D eigenvalue weighted by Gasteiger charge is 2.11. The average Bonchev–Trinajstić information content (AvgIpc) is 2.89. The zero-order chi connectivity index (χ0) is 14.7. The lowest BCUT2D eigenvalue weighted by molar-refractivity contribution is 0.301. The second-order valence-corrected chi connectivity index (χ2v) is 4.62. The molecule has 0 atom stereocenters. The first kappa shape index (κ1) is 13.3. The number of aromatic amines is 1. The topological polar surface area (TPSA) is 86.5 Å². The molecule has 0 aliphatic heterocycles. The van der Waals surface area contributed by atoms with E-state index in [1.165, 1.54) is 4.52 Å². The molecule has 21 heavy (non-hydrogen) atoms. The molecule has 3 rings (SSSR count). The van der Waals surface area contributed by atoms with Gasteiger partial charge >= 0.3 is 5.69 Å². The number of fused-ring (bicyclic) bond motifs is 1. The molecule has 0 saturated heterocycles. The van der Waals surface area contributed by atoms with Gasteiger partial charge in [0.05, 0.1) is 6.61 Å². The zero-order valence-electron chi connectivity index (χ0n) is 11.3. The molecule has 0 unspecified atom stereocenters.